The number of benzene rings is 2. The Hall–Kier alpha value is -2.09. The van der Waals surface area contributed by atoms with Crippen LogP contribution in [0.15, 0.2) is 59.6 Å². The van der Waals surface area contributed by atoms with Gasteiger partial charge in [0, 0.05) is 27.2 Å². The lowest BCUT2D eigenvalue weighted by Gasteiger charge is -2.22. The summed E-state index contributed by atoms with van der Waals surface area (Å²) in [7, 11) is 5.19. The van der Waals surface area contributed by atoms with Crippen LogP contribution in [0.3, 0.4) is 0 Å². The molecule has 0 saturated heterocycles. The van der Waals surface area contributed by atoms with Crippen molar-refractivity contribution in [1.29, 1.82) is 0 Å². The van der Waals surface area contributed by atoms with Gasteiger partial charge < -0.3 is 15.0 Å². The average Bonchev–Trinajstić information content (AvgIpc) is 2.65. The second-order valence-electron chi connectivity index (χ2n) is 5.75. The third-order valence-electron chi connectivity index (χ3n) is 3.91. The van der Waals surface area contributed by atoms with Gasteiger partial charge in [0.05, 0.1) is 12.7 Å². The maximum atomic E-state index is 11.4. The number of aliphatic imine (C=N–C) groups is 1. The highest BCUT2D eigenvalue weighted by Gasteiger charge is 2.07. The maximum absolute atomic E-state index is 11.4. The molecule has 2 aromatic carbocycles. The second-order valence-corrected chi connectivity index (χ2v) is 5.75. The van der Waals surface area contributed by atoms with Crippen LogP contribution < -0.4 is 5.32 Å². The van der Waals surface area contributed by atoms with E-state index in [1.807, 2.05) is 37.4 Å². The summed E-state index contributed by atoms with van der Waals surface area (Å²) in [5, 5.41) is 3.37. The lowest BCUT2D eigenvalue weighted by atomic mass is 10.1. The molecule has 0 heterocycles. The van der Waals surface area contributed by atoms with E-state index in [2.05, 4.69) is 27.3 Å². The monoisotopic (exact) mass is 467 g/mol. The highest BCUT2D eigenvalue weighted by atomic mass is 127. The molecule has 26 heavy (non-hydrogen) atoms. The highest BCUT2D eigenvalue weighted by molar-refractivity contribution is 14.0. The number of esters is 1. The molecule has 0 aliphatic heterocycles. The highest BCUT2D eigenvalue weighted by Crippen LogP contribution is 2.06. The molecule has 0 atom stereocenters. The van der Waals surface area contributed by atoms with Crippen LogP contribution in [-0.2, 0) is 17.7 Å². The number of guanidine groups is 1. The minimum atomic E-state index is -0.312. The SMILES string of the molecule is CN=C(NCCc1ccc(C(=O)OC)cc1)N(C)Cc1ccccc1.I. The van der Waals surface area contributed by atoms with Gasteiger partial charge in [0.15, 0.2) is 5.96 Å². The minimum absolute atomic E-state index is 0. The minimum Gasteiger partial charge on any atom is -0.465 e. The molecule has 0 bridgehead atoms. The third kappa shape index (κ3) is 6.67. The van der Waals surface area contributed by atoms with Crippen LogP contribution in [-0.4, -0.2) is 44.6 Å². The number of halogens is 1. The lowest BCUT2D eigenvalue weighted by Crippen LogP contribution is -2.39. The quantitative estimate of drug-likeness (QED) is 0.307. The van der Waals surface area contributed by atoms with Gasteiger partial charge >= 0.3 is 5.97 Å². The van der Waals surface area contributed by atoms with E-state index in [0.717, 1.165) is 31.0 Å². The van der Waals surface area contributed by atoms with E-state index in [4.69, 9.17) is 4.74 Å². The van der Waals surface area contributed by atoms with Gasteiger partial charge in [-0.25, -0.2) is 4.79 Å². The zero-order valence-electron chi connectivity index (χ0n) is 15.4. The van der Waals surface area contributed by atoms with Crippen molar-refractivity contribution in [3.63, 3.8) is 0 Å². The molecule has 6 heteroatoms. The Labute approximate surface area is 172 Å². The number of carbonyl (C=O) groups is 1. The molecule has 1 N–H and O–H groups in total. The van der Waals surface area contributed by atoms with Gasteiger partial charge in [0.25, 0.3) is 0 Å². The Morgan fingerprint density at radius 1 is 1.08 bits per heavy atom. The molecule has 0 amide bonds. The van der Waals surface area contributed by atoms with Gasteiger partial charge in [0.1, 0.15) is 0 Å². The standard InChI is InChI=1S/C20H25N3O2.HI/c1-21-20(23(2)15-17-7-5-4-6-8-17)22-14-13-16-9-11-18(12-10-16)19(24)25-3;/h4-12H,13-15H2,1-3H3,(H,21,22);1H. The Bertz CT molecular complexity index is 703. The van der Waals surface area contributed by atoms with Crippen LogP contribution in [0.2, 0.25) is 0 Å². The summed E-state index contributed by atoms with van der Waals surface area (Å²) in [6, 6.07) is 17.8. The molecule has 0 radical (unpaired) electrons. The van der Waals surface area contributed by atoms with Gasteiger partial charge in [-0.05, 0) is 29.7 Å². The fraction of sp³-hybridized carbons (Fsp3) is 0.300. The fourth-order valence-corrected chi connectivity index (χ4v) is 2.56. The summed E-state index contributed by atoms with van der Waals surface area (Å²) in [5.74, 6) is 0.544. The van der Waals surface area contributed by atoms with E-state index in [-0.39, 0.29) is 29.9 Å². The Balaban J connectivity index is 0.00000338. The van der Waals surface area contributed by atoms with Crippen LogP contribution in [0.5, 0.6) is 0 Å². The topological polar surface area (TPSA) is 53.9 Å². The van der Waals surface area contributed by atoms with Crippen molar-refractivity contribution in [3.05, 3.63) is 71.3 Å². The zero-order chi connectivity index (χ0) is 18.1. The van der Waals surface area contributed by atoms with Crippen molar-refractivity contribution in [1.82, 2.24) is 10.2 Å². The molecule has 0 fully saturated rings. The van der Waals surface area contributed by atoms with Gasteiger partial charge in [-0.3, -0.25) is 4.99 Å². The number of ether oxygens (including phenoxy) is 1. The summed E-state index contributed by atoms with van der Waals surface area (Å²) >= 11 is 0. The molecule has 0 aliphatic rings. The first-order valence-electron chi connectivity index (χ1n) is 8.27. The number of methoxy groups -OCH3 is 1. The van der Waals surface area contributed by atoms with Crippen LogP contribution in [0, 0.1) is 0 Å². The number of rotatable bonds is 6. The zero-order valence-corrected chi connectivity index (χ0v) is 17.8. The maximum Gasteiger partial charge on any atom is 0.337 e. The molecule has 2 aromatic rings. The third-order valence-corrected chi connectivity index (χ3v) is 3.91. The molecular weight excluding hydrogens is 441 g/mol. The summed E-state index contributed by atoms with van der Waals surface area (Å²) in [5.41, 5.74) is 2.96. The largest absolute Gasteiger partial charge is 0.465 e. The van der Waals surface area contributed by atoms with E-state index in [1.165, 1.54) is 12.7 Å². The molecule has 2 rings (SSSR count). The molecule has 0 unspecified atom stereocenters. The predicted molar refractivity (Wildman–Crippen MR) is 116 cm³/mol. The first kappa shape index (κ1) is 22.0. The molecule has 0 saturated carbocycles. The van der Waals surface area contributed by atoms with Gasteiger partial charge in [0.2, 0.25) is 0 Å². The van der Waals surface area contributed by atoms with Crippen LogP contribution in [0.1, 0.15) is 21.5 Å². The predicted octanol–water partition coefficient (Wildman–Crippen LogP) is 3.34. The first-order valence-corrected chi connectivity index (χ1v) is 8.27. The molecular formula is C20H26IN3O2. The van der Waals surface area contributed by atoms with E-state index < -0.39 is 0 Å². The Kier molecular flexibility index (Phi) is 9.72. The molecule has 140 valence electrons. The normalized spacial score (nSPS) is 10.7. The van der Waals surface area contributed by atoms with Crippen molar-refractivity contribution in [2.45, 2.75) is 13.0 Å². The number of hydrogen-bond donors (Lipinski definition) is 1. The van der Waals surface area contributed by atoms with Crippen LogP contribution >= 0.6 is 24.0 Å². The summed E-state index contributed by atoms with van der Waals surface area (Å²) < 4.78 is 4.71. The van der Waals surface area contributed by atoms with Crippen LogP contribution in [0.25, 0.3) is 0 Å². The van der Waals surface area contributed by atoms with E-state index >= 15 is 0 Å². The molecule has 0 aliphatic carbocycles. The smallest absolute Gasteiger partial charge is 0.337 e. The number of carbonyl (C=O) groups excluding carboxylic acids is 1. The number of hydrogen-bond acceptors (Lipinski definition) is 3. The van der Waals surface area contributed by atoms with Crippen LogP contribution in [0.4, 0.5) is 0 Å². The van der Waals surface area contributed by atoms with Crippen molar-refractivity contribution in [2.75, 3.05) is 27.7 Å². The van der Waals surface area contributed by atoms with E-state index in [9.17, 15) is 4.79 Å². The van der Waals surface area contributed by atoms with Crippen molar-refractivity contribution in [3.8, 4) is 0 Å². The van der Waals surface area contributed by atoms with E-state index in [0.29, 0.717) is 5.56 Å². The average molecular weight is 467 g/mol. The van der Waals surface area contributed by atoms with Crippen molar-refractivity contribution < 1.29 is 9.53 Å². The number of nitrogens with one attached hydrogen (secondary N) is 1. The Morgan fingerprint density at radius 3 is 2.31 bits per heavy atom. The van der Waals surface area contributed by atoms with Gasteiger partial charge in [-0.1, -0.05) is 42.5 Å². The molecule has 0 aromatic heterocycles. The second kappa shape index (κ2) is 11.5. The van der Waals surface area contributed by atoms with Gasteiger partial charge in [-0.15, -0.1) is 24.0 Å². The Morgan fingerprint density at radius 2 is 1.73 bits per heavy atom. The van der Waals surface area contributed by atoms with Crippen molar-refractivity contribution in [2.24, 2.45) is 4.99 Å². The molecule has 0 spiro atoms. The van der Waals surface area contributed by atoms with E-state index in [1.54, 1.807) is 19.2 Å². The summed E-state index contributed by atoms with van der Waals surface area (Å²) in [6.45, 7) is 1.57. The fourth-order valence-electron chi connectivity index (χ4n) is 2.56. The molecule has 5 nitrogen and oxygen atoms in total. The van der Waals surface area contributed by atoms with Gasteiger partial charge in [-0.2, -0.15) is 0 Å². The summed E-state index contributed by atoms with van der Waals surface area (Å²) in [6.07, 6.45) is 0.847. The van der Waals surface area contributed by atoms with Crippen molar-refractivity contribution >= 4 is 35.9 Å². The first-order chi connectivity index (χ1) is 12.1. The number of nitrogens with zero attached hydrogens (tertiary/aromatic N) is 2. The summed E-state index contributed by atoms with van der Waals surface area (Å²) in [4.78, 5) is 17.9. The lowest BCUT2D eigenvalue weighted by molar-refractivity contribution is 0.0600.